The fraction of sp³-hybridized carbons (Fsp3) is 0.174. The minimum absolute atomic E-state index is 0.323. The minimum atomic E-state index is -0.917. The predicted molar refractivity (Wildman–Crippen MR) is 112 cm³/mol. The third-order valence-electron chi connectivity index (χ3n) is 4.99. The molecule has 6 heteroatoms. The van der Waals surface area contributed by atoms with Crippen LogP contribution >= 0.6 is 0 Å². The molecule has 2 aromatic heterocycles. The minimum Gasteiger partial charge on any atom is -0.478 e. The van der Waals surface area contributed by atoms with Crippen molar-refractivity contribution < 1.29 is 14.6 Å². The third kappa shape index (κ3) is 3.57. The molecule has 1 N–H and O–H groups in total. The molecule has 0 aliphatic heterocycles. The lowest BCUT2D eigenvalue weighted by atomic mass is 10.00. The van der Waals surface area contributed by atoms with Crippen LogP contribution in [0.5, 0.6) is 11.5 Å². The Morgan fingerprint density at radius 2 is 1.90 bits per heavy atom. The topological polar surface area (TPSA) is 77.2 Å². The van der Waals surface area contributed by atoms with Crippen molar-refractivity contribution in [2.75, 3.05) is 0 Å². The SMILES string of the molecule is CCc1cc(-c2cc(Oc3ccc4c(C)nn(C)c4c3)ccn2)ccc1C(=O)O. The average molecular weight is 387 g/mol. The zero-order chi connectivity index (χ0) is 20.5. The molecular formula is C23H21N3O3. The van der Waals surface area contributed by atoms with E-state index in [1.54, 1.807) is 24.4 Å². The molecule has 4 rings (SSSR count). The van der Waals surface area contributed by atoms with Crippen molar-refractivity contribution in [1.82, 2.24) is 14.8 Å². The maximum absolute atomic E-state index is 11.4. The molecule has 0 aliphatic carbocycles. The second-order valence-electron chi connectivity index (χ2n) is 6.90. The summed E-state index contributed by atoms with van der Waals surface area (Å²) < 4.78 is 7.90. The zero-order valence-electron chi connectivity index (χ0n) is 16.5. The first-order valence-electron chi connectivity index (χ1n) is 9.40. The Bertz CT molecular complexity index is 1230. The molecule has 0 unspecified atom stereocenters. The number of carboxylic acids is 1. The molecule has 0 spiro atoms. The molecule has 0 saturated heterocycles. The zero-order valence-corrected chi connectivity index (χ0v) is 16.5. The largest absolute Gasteiger partial charge is 0.478 e. The maximum atomic E-state index is 11.4. The number of aromatic nitrogens is 3. The van der Waals surface area contributed by atoms with Crippen LogP contribution in [0.2, 0.25) is 0 Å². The van der Waals surface area contributed by atoms with Crippen LogP contribution in [0, 0.1) is 6.92 Å². The van der Waals surface area contributed by atoms with Crippen LogP contribution in [0.4, 0.5) is 0 Å². The Hall–Kier alpha value is -3.67. The van der Waals surface area contributed by atoms with E-state index in [-0.39, 0.29) is 0 Å². The molecule has 0 amide bonds. The summed E-state index contributed by atoms with van der Waals surface area (Å²) in [5, 5.41) is 14.9. The Labute approximate surface area is 168 Å². The van der Waals surface area contributed by atoms with Gasteiger partial charge >= 0.3 is 5.97 Å². The van der Waals surface area contributed by atoms with E-state index in [0.29, 0.717) is 23.5 Å². The van der Waals surface area contributed by atoms with E-state index in [2.05, 4.69) is 10.1 Å². The summed E-state index contributed by atoms with van der Waals surface area (Å²) in [6, 6.07) is 14.8. The van der Waals surface area contributed by atoms with Crippen LogP contribution in [-0.2, 0) is 13.5 Å². The van der Waals surface area contributed by atoms with E-state index in [9.17, 15) is 9.90 Å². The number of rotatable bonds is 5. The highest BCUT2D eigenvalue weighted by Gasteiger charge is 2.12. The number of ether oxygens (including phenoxy) is 1. The highest BCUT2D eigenvalue weighted by Crippen LogP contribution is 2.29. The number of hydrogen-bond acceptors (Lipinski definition) is 4. The van der Waals surface area contributed by atoms with Crippen LogP contribution in [0.1, 0.15) is 28.5 Å². The van der Waals surface area contributed by atoms with Crippen LogP contribution in [0.15, 0.2) is 54.7 Å². The van der Waals surface area contributed by atoms with Crippen molar-refractivity contribution >= 4 is 16.9 Å². The Morgan fingerprint density at radius 3 is 2.66 bits per heavy atom. The lowest BCUT2D eigenvalue weighted by Crippen LogP contribution is -2.02. The van der Waals surface area contributed by atoms with E-state index in [0.717, 1.165) is 33.4 Å². The molecule has 0 atom stereocenters. The number of carbonyl (C=O) groups is 1. The Morgan fingerprint density at radius 1 is 1.10 bits per heavy atom. The maximum Gasteiger partial charge on any atom is 0.335 e. The molecule has 0 bridgehead atoms. The van der Waals surface area contributed by atoms with E-state index in [1.165, 1.54) is 0 Å². The fourth-order valence-corrected chi connectivity index (χ4v) is 3.50. The summed E-state index contributed by atoms with van der Waals surface area (Å²) in [7, 11) is 1.91. The van der Waals surface area contributed by atoms with Crippen LogP contribution in [0.3, 0.4) is 0 Å². The van der Waals surface area contributed by atoms with Crippen molar-refractivity contribution in [1.29, 1.82) is 0 Å². The number of aromatic carboxylic acids is 1. The van der Waals surface area contributed by atoms with E-state index < -0.39 is 5.97 Å². The van der Waals surface area contributed by atoms with Gasteiger partial charge in [-0.25, -0.2) is 4.79 Å². The summed E-state index contributed by atoms with van der Waals surface area (Å²) in [6.07, 6.45) is 2.32. The van der Waals surface area contributed by atoms with Gasteiger partial charge in [0.25, 0.3) is 0 Å². The number of nitrogens with zero attached hydrogens (tertiary/aromatic N) is 3. The van der Waals surface area contributed by atoms with Gasteiger partial charge < -0.3 is 9.84 Å². The van der Waals surface area contributed by atoms with Crippen molar-refractivity contribution in [3.05, 3.63) is 71.5 Å². The van der Waals surface area contributed by atoms with Crippen molar-refractivity contribution in [3.8, 4) is 22.8 Å². The number of fused-ring (bicyclic) bond motifs is 1. The van der Waals surface area contributed by atoms with Gasteiger partial charge in [-0.1, -0.05) is 13.0 Å². The van der Waals surface area contributed by atoms with Gasteiger partial charge in [-0.3, -0.25) is 9.67 Å². The monoisotopic (exact) mass is 387 g/mol. The third-order valence-corrected chi connectivity index (χ3v) is 4.99. The van der Waals surface area contributed by atoms with Gasteiger partial charge in [-0.2, -0.15) is 5.10 Å². The summed E-state index contributed by atoms with van der Waals surface area (Å²) in [5.74, 6) is 0.459. The Balaban J connectivity index is 1.66. The van der Waals surface area contributed by atoms with E-state index in [1.807, 2.05) is 55.9 Å². The van der Waals surface area contributed by atoms with Gasteiger partial charge in [-0.15, -0.1) is 0 Å². The Kier molecular flexibility index (Phi) is 4.76. The second-order valence-corrected chi connectivity index (χ2v) is 6.90. The van der Waals surface area contributed by atoms with Crippen molar-refractivity contribution in [2.24, 2.45) is 7.05 Å². The molecule has 146 valence electrons. The van der Waals surface area contributed by atoms with Crippen molar-refractivity contribution in [2.45, 2.75) is 20.3 Å². The van der Waals surface area contributed by atoms with Crippen LogP contribution in [-0.4, -0.2) is 25.8 Å². The number of carboxylic acid groups (broad SMARTS) is 1. The first kappa shape index (κ1) is 18.7. The molecule has 0 radical (unpaired) electrons. The van der Waals surface area contributed by atoms with Gasteiger partial charge in [-0.05, 0) is 49.2 Å². The molecule has 0 aliphatic rings. The summed E-state index contributed by atoms with van der Waals surface area (Å²) in [5.41, 5.74) is 4.67. The molecule has 2 aromatic carbocycles. The van der Waals surface area contributed by atoms with Crippen LogP contribution < -0.4 is 4.74 Å². The van der Waals surface area contributed by atoms with E-state index in [4.69, 9.17) is 4.74 Å². The van der Waals surface area contributed by atoms with Gasteiger partial charge in [0.1, 0.15) is 11.5 Å². The van der Waals surface area contributed by atoms with Crippen LogP contribution in [0.25, 0.3) is 22.2 Å². The molecule has 2 heterocycles. The fourth-order valence-electron chi connectivity index (χ4n) is 3.50. The van der Waals surface area contributed by atoms with Crippen molar-refractivity contribution in [3.63, 3.8) is 0 Å². The number of benzene rings is 2. The molecule has 4 aromatic rings. The predicted octanol–water partition coefficient (Wildman–Crippen LogP) is 5.00. The quantitative estimate of drug-likeness (QED) is 0.522. The average Bonchev–Trinajstić information content (AvgIpc) is 3.00. The first-order chi connectivity index (χ1) is 14.0. The number of aryl methyl sites for hydroxylation is 3. The summed E-state index contributed by atoms with van der Waals surface area (Å²) >= 11 is 0. The first-order valence-corrected chi connectivity index (χ1v) is 9.40. The molecule has 0 saturated carbocycles. The molecule has 29 heavy (non-hydrogen) atoms. The number of hydrogen-bond donors (Lipinski definition) is 1. The lowest BCUT2D eigenvalue weighted by molar-refractivity contribution is 0.0695. The van der Waals surface area contributed by atoms with Gasteiger partial charge in [0.05, 0.1) is 22.5 Å². The summed E-state index contributed by atoms with van der Waals surface area (Å²) in [6.45, 7) is 3.92. The molecular weight excluding hydrogens is 366 g/mol. The second kappa shape index (κ2) is 7.39. The summed E-state index contributed by atoms with van der Waals surface area (Å²) in [4.78, 5) is 15.8. The van der Waals surface area contributed by atoms with Gasteiger partial charge in [0, 0.05) is 36.3 Å². The van der Waals surface area contributed by atoms with Gasteiger partial charge in [0.15, 0.2) is 0 Å². The number of pyridine rings is 1. The smallest absolute Gasteiger partial charge is 0.335 e. The highest BCUT2D eigenvalue weighted by atomic mass is 16.5. The highest BCUT2D eigenvalue weighted by molar-refractivity contribution is 5.90. The van der Waals surface area contributed by atoms with E-state index >= 15 is 0 Å². The lowest BCUT2D eigenvalue weighted by Gasteiger charge is -2.10. The molecule has 0 fully saturated rings. The standard InChI is InChI=1S/C23H21N3O3/c1-4-15-11-16(5-7-20(15)23(27)28)21-12-18(9-10-24-21)29-17-6-8-19-14(2)25-26(3)22(19)13-17/h5-13H,4H2,1-3H3,(H,27,28). The van der Waals surface area contributed by atoms with Gasteiger partial charge in [0.2, 0.25) is 0 Å². The normalized spacial score (nSPS) is 11.0. The molecule has 6 nitrogen and oxygen atoms in total.